The maximum Gasteiger partial charge on any atom is 0.139 e. The highest BCUT2D eigenvalue weighted by atomic mass is 16.4. The van der Waals surface area contributed by atoms with E-state index in [0.29, 0.717) is 11.3 Å². The normalized spacial score (nSPS) is 26.1. The maximum absolute atomic E-state index is 8.65. The Hall–Kier alpha value is -0.770. The summed E-state index contributed by atoms with van der Waals surface area (Å²) < 4.78 is 0. The van der Waals surface area contributed by atoms with Crippen molar-refractivity contribution in [3.63, 3.8) is 0 Å². The van der Waals surface area contributed by atoms with E-state index in [1.54, 1.807) is 0 Å². The standard InChI is InChI=1S/C13H25N3O/c1-2-11-3-7-16(8-4-11)10-13(5-6-13)9-12(14)15-17/h11,17H,2-10H2,1H3,(H2,14,15). The molecule has 1 aliphatic carbocycles. The number of oxime groups is 1. The third-order valence-corrected chi connectivity index (χ3v) is 4.49. The van der Waals surface area contributed by atoms with Crippen molar-refractivity contribution < 1.29 is 5.21 Å². The van der Waals surface area contributed by atoms with Gasteiger partial charge in [0.25, 0.3) is 0 Å². The number of nitrogens with two attached hydrogens (primary N) is 1. The molecule has 98 valence electrons. The topological polar surface area (TPSA) is 61.8 Å². The van der Waals surface area contributed by atoms with E-state index in [1.165, 1.54) is 45.2 Å². The van der Waals surface area contributed by atoms with Crippen molar-refractivity contribution in [2.75, 3.05) is 19.6 Å². The summed E-state index contributed by atoms with van der Waals surface area (Å²) in [5.74, 6) is 1.33. The predicted molar refractivity (Wildman–Crippen MR) is 69.1 cm³/mol. The summed E-state index contributed by atoms with van der Waals surface area (Å²) in [5, 5.41) is 11.8. The van der Waals surface area contributed by atoms with Crippen LogP contribution < -0.4 is 5.73 Å². The predicted octanol–water partition coefficient (Wildman–Crippen LogP) is 2.03. The van der Waals surface area contributed by atoms with E-state index in [4.69, 9.17) is 10.9 Å². The molecule has 0 radical (unpaired) electrons. The average molecular weight is 239 g/mol. The van der Waals surface area contributed by atoms with E-state index < -0.39 is 0 Å². The summed E-state index contributed by atoms with van der Waals surface area (Å²) in [6.45, 7) is 5.90. The molecule has 0 aromatic heterocycles. The third-order valence-electron chi connectivity index (χ3n) is 4.49. The van der Waals surface area contributed by atoms with Crippen molar-refractivity contribution in [1.29, 1.82) is 0 Å². The molecular formula is C13H25N3O. The van der Waals surface area contributed by atoms with Crippen molar-refractivity contribution in [3.8, 4) is 0 Å². The molecule has 1 saturated heterocycles. The quantitative estimate of drug-likeness (QED) is 0.334. The zero-order chi connectivity index (χ0) is 12.3. The lowest BCUT2D eigenvalue weighted by atomic mass is 9.92. The molecule has 0 amide bonds. The first kappa shape index (κ1) is 12.7. The van der Waals surface area contributed by atoms with E-state index in [1.807, 2.05) is 0 Å². The van der Waals surface area contributed by atoms with Crippen LogP contribution in [0.25, 0.3) is 0 Å². The molecule has 0 spiro atoms. The molecule has 4 heteroatoms. The minimum atomic E-state index is 0.329. The second-order valence-corrected chi connectivity index (χ2v) is 5.90. The van der Waals surface area contributed by atoms with Crippen molar-refractivity contribution in [2.45, 2.75) is 45.4 Å². The zero-order valence-corrected chi connectivity index (χ0v) is 10.9. The van der Waals surface area contributed by atoms with Crippen LogP contribution in [0, 0.1) is 11.3 Å². The van der Waals surface area contributed by atoms with Crippen LogP contribution in [0.3, 0.4) is 0 Å². The minimum absolute atomic E-state index is 0.329. The fraction of sp³-hybridized carbons (Fsp3) is 0.923. The zero-order valence-electron chi connectivity index (χ0n) is 10.9. The Kier molecular flexibility index (Phi) is 3.92. The van der Waals surface area contributed by atoms with Gasteiger partial charge in [-0.2, -0.15) is 0 Å². The molecule has 0 bridgehead atoms. The summed E-state index contributed by atoms with van der Waals surface area (Å²) in [6.07, 6.45) is 7.24. The molecule has 2 rings (SSSR count). The SMILES string of the molecule is CCC1CCN(CC2(CC(N)=NO)CC2)CC1. The maximum atomic E-state index is 8.65. The van der Waals surface area contributed by atoms with Crippen LogP contribution in [0.15, 0.2) is 5.16 Å². The van der Waals surface area contributed by atoms with Gasteiger partial charge in [-0.25, -0.2) is 0 Å². The van der Waals surface area contributed by atoms with Crippen molar-refractivity contribution in [2.24, 2.45) is 22.2 Å². The van der Waals surface area contributed by atoms with E-state index in [9.17, 15) is 0 Å². The number of hydrogen-bond acceptors (Lipinski definition) is 3. The Morgan fingerprint density at radius 1 is 1.41 bits per heavy atom. The van der Waals surface area contributed by atoms with Gasteiger partial charge in [0.1, 0.15) is 5.84 Å². The summed E-state index contributed by atoms with van der Waals surface area (Å²) >= 11 is 0. The van der Waals surface area contributed by atoms with Crippen LogP contribution in [-0.4, -0.2) is 35.6 Å². The van der Waals surface area contributed by atoms with Crippen LogP contribution in [-0.2, 0) is 0 Å². The molecule has 0 aromatic carbocycles. The molecule has 1 saturated carbocycles. The Labute approximate surface area is 104 Å². The van der Waals surface area contributed by atoms with Crippen molar-refractivity contribution >= 4 is 5.84 Å². The Morgan fingerprint density at radius 2 is 2.06 bits per heavy atom. The van der Waals surface area contributed by atoms with Gasteiger partial charge < -0.3 is 15.8 Å². The monoisotopic (exact) mass is 239 g/mol. The van der Waals surface area contributed by atoms with Crippen molar-refractivity contribution in [3.05, 3.63) is 0 Å². The van der Waals surface area contributed by atoms with E-state index in [0.717, 1.165) is 18.9 Å². The van der Waals surface area contributed by atoms with Gasteiger partial charge in [-0.05, 0) is 50.1 Å². The molecule has 0 aromatic rings. The summed E-state index contributed by atoms with van der Waals surface area (Å²) in [7, 11) is 0. The largest absolute Gasteiger partial charge is 0.409 e. The van der Waals surface area contributed by atoms with E-state index >= 15 is 0 Å². The number of piperidine rings is 1. The molecule has 17 heavy (non-hydrogen) atoms. The molecule has 2 fully saturated rings. The minimum Gasteiger partial charge on any atom is -0.409 e. The molecular weight excluding hydrogens is 214 g/mol. The fourth-order valence-corrected chi connectivity index (χ4v) is 3.01. The summed E-state index contributed by atoms with van der Waals surface area (Å²) in [6, 6.07) is 0. The van der Waals surface area contributed by atoms with Gasteiger partial charge in [0.15, 0.2) is 0 Å². The molecule has 0 unspecified atom stereocenters. The number of amidine groups is 1. The van der Waals surface area contributed by atoms with Gasteiger partial charge in [0, 0.05) is 13.0 Å². The highest BCUT2D eigenvalue weighted by Gasteiger charge is 2.44. The number of hydrogen-bond donors (Lipinski definition) is 2. The van der Waals surface area contributed by atoms with Gasteiger partial charge in [0.05, 0.1) is 0 Å². The van der Waals surface area contributed by atoms with Gasteiger partial charge in [-0.15, -0.1) is 0 Å². The van der Waals surface area contributed by atoms with Crippen LogP contribution in [0.4, 0.5) is 0 Å². The molecule has 1 aliphatic heterocycles. The first-order valence-corrected chi connectivity index (χ1v) is 6.86. The Bertz CT molecular complexity index is 278. The van der Waals surface area contributed by atoms with Crippen LogP contribution >= 0.6 is 0 Å². The number of likely N-dealkylation sites (tertiary alicyclic amines) is 1. The summed E-state index contributed by atoms with van der Waals surface area (Å²) in [4.78, 5) is 2.57. The molecule has 1 heterocycles. The van der Waals surface area contributed by atoms with Crippen LogP contribution in [0.5, 0.6) is 0 Å². The van der Waals surface area contributed by atoms with Gasteiger partial charge in [-0.3, -0.25) is 0 Å². The molecule has 4 nitrogen and oxygen atoms in total. The fourth-order valence-electron chi connectivity index (χ4n) is 3.01. The molecule has 2 aliphatic rings. The molecule has 0 atom stereocenters. The lowest BCUT2D eigenvalue weighted by molar-refractivity contribution is 0.152. The highest BCUT2D eigenvalue weighted by Crippen LogP contribution is 2.49. The first-order valence-electron chi connectivity index (χ1n) is 6.86. The number of rotatable bonds is 5. The second kappa shape index (κ2) is 5.25. The summed E-state index contributed by atoms with van der Waals surface area (Å²) in [5.41, 5.74) is 5.96. The van der Waals surface area contributed by atoms with Crippen LogP contribution in [0.1, 0.15) is 45.4 Å². The van der Waals surface area contributed by atoms with Gasteiger partial charge >= 0.3 is 0 Å². The lowest BCUT2D eigenvalue weighted by Gasteiger charge is -2.34. The van der Waals surface area contributed by atoms with Gasteiger partial charge in [0.2, 0.25) is 0 Å². The Morgan fingerprint density at radius 3 is 2.53 bits per heavy atom. The number of nitrogens with zero attached hydrogens (tertiary/aromatic N) is 2. The highest BCUT2D eigenvalue weighted by molar-refractivity contribution is 5.80. The van der Waals surface area contributed by atoms with Crippen molar-refractivity contribution in [1.82, 2.24) is 4.90 Å². The average Bonchev–Trinajstić information content (AvgIpc) is 3.09. The first-order chi connectivity index (χ1) is 8.17. The third kappa shape index (κ3) is 3.35. The Balaban J connectivity index is 1.78. The van der Waals surface area contributed by atoms with Gasteiger partial charge in [-0.1, -0.05) is 18.5 Å². The smallest absolute Gasteiger partial charge is 0.139 e. The molecule has 3 N–H and O–H groups in total. The van der Waals surface area contributed by atoms with Crippen LogP contribution in [0.2, 0.25) is 0 Å². The lowest BCUT2D eigenvalue weighted by Crippen LogP contribution is -2.38. The second-order valence-electron chi connectivity index (χ2n) is 5.90. The van der Waals surface area contributed by atoms with E-state index in [-0.39, 0.29) is 0 Å². The van der Waals surface area contributed by atoms with E-state index in [2.05, 4.69) is 17.0 Å².